The molecule has 0 atom stereocenters. The lowest BCUT2D eigenvalue weighted by atomic mass is 9.96. The van der Waals surface area contributed by atoms with Crippen molar-refractivity contribution in [2.24, 2.45) is 0 Å². The van der Waals surface area contributed by atoms with Gasteiger partial charge in [-0.05, 0) is 37.0 Å². The standard InChI is InChI=1S/C17H21FN4O3/c1-24-14-4-2-11(10-13(14)18)3-5-15(23)22-8-6-12(7-9-22)16-20-21-17(19)25-16/h2,4,10,12H,3,5-9H2,1H3,(H2,19,21). The molecule has 1 aromatic heterocycles. The maximum absolute atomic E-state index is 13.7. The van der Waals surface area contributed by atoms with E-state index in [1.54, 1.807) is 12.1 Å². The third-order valence-corrected chi connectivity index (χ3v) is 4.50. The number of nitrogens with zero attached hydrogens (tertiary/aromatic N) is 3. The van der Waals surface area contributed by atoms with Gasteiger partial charge in [0.05, 0.1) is 7.11 Å². The lowest BCUT2D eigenvalue weighted by Crippen LogP contribution is -2.38. The van der Waals surface area contributed by atoms with Gasteiger partial charge < -0.3 is 19.8 Å². The summed E-state index contributed by atoms with van der Waals surface area (Å²) >= 11 is 0. The van der Waals surface area contributed by atoms with Crippen LogP contribution in [0.25, 0.3) is 0 Å². The quantitative estimate of drug-likeness (QED) is 0.889. The van der Waals surface area contributed by atoms with Crippen molar-refractivity contribution in [1.82, 2.24) is 15.1 Å². The number of aryl methyl sites for hydroxylation is 1. The Morgan fingerprint density at radius 2 is 2.16 bits per heavy atom. The number of hydrogen-bond donors (Lipinski definition) is 1. The Hall–Kier alpha value is -2.64. The molecule has 0 unspecified atom stereocenters. The smallest absolute Gasteiger partial charge is 0.312 e. The topological polar surface area (TPSA) is 94.5 Å². The van der Waals surface area contributed by atoms with Gasteiger partial charge in [0, 0.05) is 25.4 Å². The van der Waals surface area contributed by atoms with Crippen molar-refractivity contribution in [3.05, 3.63) is 35.5 Å². The van der Waals surface area contributed by atoms with Crippen LogP contribution in [0.3, 0.4) is 0 Å². The molecule has 1 amide bonds. The number of anilines is 1. The number of benzene rings is 1. The van der Waals surface area contributed by atoms with Crippen molar-refractivity contribution in [2.45, 2.75) is 31.6 Å². The van der Waals surface area contributed by atoms with E-state index in [9.17, 15) is 9.18 Å². The Morgan fingerprint density at radius 3 is 2.76 bits per heavy atom. The van der Waals surface area contributed by atoms with E-state index in [4.69, 9.17) is 14.9 Å². The number of likely N-dealkylation sites (tertiary alicyclic amines) is 1. The maximum atomic E-state index is 13.7. The number of amides is 1. The molecule has 0 spiro atoms. The van der Waals surface area contributed by atoms with Crippen LogP contribution in [0.15, 0.2) is 22.6 Å². The van der Waals surface area contributed by atoms with E-state index in [0.717, 1.165) is 18.4 Å². The lowest BCUT2D eigenvalue weighted by Gasteiger charge is -2.30. The predicted octanol–water partition coefficient (Wildman–Crippen LogP) is 2.14. The molecule has 8 heteroatoms. The fourth-order valence-corrected chi connectivity index (χ4v) is 3.06. The summed E-state index contributed by atoms with van der Waals surface area (Å²) in [6.07, 6.45) is 2.39. The molecule has 0 radical (unpaired) electrons. The van der Waals surface area contributed by atoms with Gasteiger partial charge in [-0.2, -0.15) is 0 Å². The van der Waals surface area contributed by atoms with Crippen LogP contribution in [0.1, 0.15) is 36.6 Å². The van der Waals surface area contributed by atoms with Crippen LogP contribution in [-0.2, 0) is 11.2 Å². The lowest BCUT2D eigenvalue weighted by molar-refractivity contribution is -0.132. The average Bonchev–Trinajstić information content (AvgIpc) is 3.06. The van der Waals surface area contributed by atoms with E-state index in [2.05, 4.69) is 10.2 Å². The summed E-state index contributed by atoms with van der Waals surface area (Å²) < 4.78 is 23.8. The third-order valence-electron chi connectivity index (χ3n) is 4.50. The van der Waals surface area contributed by atoms with Gasteiger partial charge in [-0.15, -0.1) is 5.10 Å². The molecule has 2 N–H and O–H groups in total. The molecule has 1 aliphatic heterocycles. The molecule has 1 aromatic carbocycles. The van der Waals surface area contributed by atoms with Gasteiger partial charge in [-0.25, -0.2) is 4.39 Å². The van der Waals surface area contributed by atoms with Gasteiger partial charge in [-0.3, -0.25) is 4.79 Å². The van der Waals surface area contributed by atoms with E-state index in [-0.39, 0.29) is 23.6 Å². The summed E-state index contributed by atoms with van der Waals surface area (Å²) in [5.74, 6) is 0.550. The van der Waals surface area contributed by atoms with Crippen LogP contribution in [0.5, 0.6) is 5.75 Å². The molecule has 1 fully saturated rings. The maximum Gasteiger partial charge on any atom is 0.312 e. The molecule has 1 aliphatic rings. The van der Waals surface area contributed by atoms with E-state index in [1.165, 1.54) is 13.2 Å². The number of methoxy groups -OCH3 is 1. The summed E-state index contributed by atoms with van der Waals surface area (Å²) in [5, 5.41) is 7.59. The molecule has 0 saturated carbocycles. The monoisotopic (exact) mass is 348 g/mol. The second kappa shape index (κ2) is 7.50. The summed E-state index contributed by atoms with van der Waals surface area (Å²) in [6, 6.07) is 4.84. The van der Waals surface area contributed by atoms with E-state index in [1.807, 2.05) is 4.90 Å². The number of carbonyl (C=O) groups excluding carboxylic acids is 1. The number of nitrogens with two attached hydrogens (primary N) is 1. The van der Waals surface area contributed by atoms with Crippen LogP contribution in [-0.4, -0.2) is 41.2 Å². The molecule has 7 nitrogen and oxygen atoms in total. The number of carbonyl (C=O) groups is 1. The predicted molar refractivity (Wildman–Crippen MR) is 88.5 cm³/mol. The number of aromatic nitrogens is 2. The number of rotatable bonds is 5. The van der Waals surface area contributed by atoms with Gasteiger partial charge >= 0.3 is 6.01 Å². The van der Waals surface area contributed by atoms with Crippen molar-refractivity contribution in [2.75, 3.05) is 25.9 Å². The minimum absolute atomic E-state index is 0.0692. The number of hydrogen-bond acceptors (Lipinski definition) is 6. The second-order valence-electron chi connectivity index (χ2n) is 6.10. The number of nitrogen functional groups attached to an aromatic ring is 1. The zero-order valence-corrected chi connectivity index (χ0v) is 14.1. The third kappa shape index (κ3) is 4.07. The molecule has 1 saturated heterocycles. The molecular weight excluding hydrogens is 327 g/mol. The first-order valence-electron chi connectivity index (χ1n) is 8.26. The Labute approximate surface area is 145 Å². The number of piperidine rings is 1. The summed E-state index contributed by atoms with van der Waals surface area (Å²) in [6.45, 7) is 1.28. The second-order valence-corrected chi connectivity index (χ2v) is 6.10. The fourth-order valence-electron chi connectivity index (χ4n) is 3.06. The molecular formula is C17H21FN4O3. The van der Waals surface area contributed by atoms with Crippen LogP contribution in [0.2, 0.25) is 0 Å². The first kappa shape index (κ1) is 17.2. The van der Waals surface area contributed by atoms with Crippen LogP contribution < -0.4 is 10.5 Å². The Balaban J connectivity index is 1.49. The molecule has 2 heterocycles. The molecule has 2 aromatic rings. The minimum Gasteiger partial charge on any atom is -0.494 e. The zero-order chi connectivity index (χ0) is 17.8. The van der Waals surface area contributed by atoms with Gasteiger partial charge in [0.25, 0.3) is 0 Å². The molecule has 3 rings (SSSR count). The highest BCUT2D eigenvalue weighted by Gasteiger charge is 2.26. The first-order chi connectivity index (χ1) is 12.1. The summed E-state index contributed by atoms with van der Waals surface area (Å²) in [5.41, 5.74) is 6.23. The minimum atomic E-state index is -0.410. The van der Waals surface area contributed by atoms with Gasteiger partial charge in [-0.1, -0.05) is 11.2 Å². The molecule has 134 valence electrons. The van der Waals surface area contributed by atoms with Gasteiger partial charge in [0.2, 0.25) is 11.8 Å². The summed E-state index contributed by atoms with van der Waals surface area (Å²) in [7, 11) is 1.42. The number of ether oxygens (including phenoxy) is 1. The summed E-state index contributed by atoms with van der Waals surface area (Å²) in [4.78, 5) is 14.2. The van der Waals surface area contributed by atoms with Gasteiger partial charge in [0.15, 0.2) is 11.6 Å². The van der Waals surface area contributed by atoms with Crippen molar-refractivity contribution >= 4 is 11.9 Å². The van der Waals surface area contributed by atoms with E-state index < -0.39 is 5.82 Å². The molecule has 25 heavy (non-hydrogen) atoms. The fraction of sp³-hybridized carbons (Fsp3) is 0.471. The number of halogens is 1. The Kier molecular flexibility index (Phi) is 5.16. The highest BCUT2D eigenvalue weighted by Crippen LogP contribution is 2.28. The average molecular weight is 348 g/mol. The van der Waals surface area contributed by atoms with E-state index >= 15 is 0 Å². The SMILES string of the molecule is COc1ccc(CCC(=O)N2CCC(c3nnc(N)o3)CC2)cc1F. The highest BCUT2D eigenvalue weighted by molar-refractivity contribution is 5.76. The largest absolute Gasteiger partial charge is 0.494 e. The van der Waals surface area contributed by atoms with Crippen LogP contribution >= 0.6 is 0 Å². The van der Waals surface area contributed by atoms with Crippen molar-refractivity contribution in [1.29, 1.82) is 0 Å². The Morgan fingerprint density at radius 1 is 1.40 bits per heavy atom. The molecule has 0 aliphatic carbocycles. The van der Waals surface area contributed by atoms with Crippen LogP contribution in [0, 0.1) is 5.82 Å². The van der Waals surface area contributed by atoms with Crippen molar-refractivity contribution in [3.63, 3.8) is 0 Å². The Bertz CT molecular complexity index is 741. The van der Waals surface area contributed by atoms with Gasteiger partial charge in [0.1, 0.15) is 0 Å². The van der Waals surface area contributed by atoms with Crippen LogP contribution in [0.4, 0.5) is 10.4 Å². The van der Waals surface area contributed by atoms with Crippen molar-refractivity contribution in [3.8, 4) is 5.75 Å². The van der Waals surface area contributed by atoms with E-state index in [0.29, 0.717) is 31.8 Å². The highest BCUT2D eigenvalue weighted by atomic mass is 19.1. The van der Waals surface area contributed by atoms with Crippen molar-refractivity contribution < 1.29 is 18.3 Å². The zero-order valence-electron chi connectivity index (χ0n) is 14.1. The first-order valence-corrected chi connectivity index (χ1v) is 8.26. The normalized spacial score (nSPS) is 15.4. The molecule has 0 bridgehead atoms.